The van der Waals surface area contributed by atoms with Gasteiger partial charge >= 0.3 is 0 Å². The predicted molar refractivity (Wildman–Crippen MR) is 61.5 cm³/mol. The monoisotopic (exact) mass is 253 g/mol. The zero-order valence-corrected chi connectivity index (χ0v) is 10.1. The van der Waals surface area contributed by atoms with Crippen molar-refractivity contribution >= 4 is 9.84 Å². The van der Waals surface area contributed by atoms with E-state index in [9.17, 15) is 12.8 Å². The molecule has 0 heterocycles. The highest BCUT2D eigenvalue weighted by Crippen LogP contribution is 2.52. The van der Waals surface area contributed by atoms with E-state index >= 15 is 0 Å². The predicted octanol–water partition coefficient (Wildman–Crippen LogP) is 1.87. The fourth-order valence-corrected chi connectivity index (χ4v) is 3.93. The molecule has 0 saturated heterocycles. The Morgan fingerprint density at radius 2 is 2.18 bits per heavy atom. The number of nitriles is 1. The molecule has 0 N–H and O–H groups in total. The van der Waals surface area contributed by atoms with Gasteiger partial charge in [-0.2, -0.15) is 5.26 Å². The fraction of sp³-hybridized carbons (Fsp3) is 0.417. The Hall–Kier alpha value is -1.41. The summed E-state index contributed by atoms with van der Waals surface area (Å²) >= 11 is 0. The molecule has 2 rings (SSSR count). The van der Waals surface area contributed by atoms with Gasteiger partial charge in [-0.25, -0.2) is 12.8 Å². The van der Waals surface area contributed by atoms with Crippen LogP contribution >= 0.6 is 0 Å². The van der Waals surface area contributed by atoms with Gasteiger partial charge in [0.1, 0.15) is 5.82 Å². The average molecular weight is 253 g/mol. The van der Waals surface area contributed by atoms with Crippen LogP contribution in [-0.4, -0.2) is 19.4 Å². The van der Waals surface area contributed by atoms with Gasteiger partial charge in [0, 0.05) is 11.7 Å². The SMILES string of the molecule is CCS(=O)(=O)[C@H]1[C@@H](C#N)[C@@H]1c1cccc(F)c1. The molecule has 1 aromatic rings. The molecule has 1 fully saturated rings. The number of hydrogen-bond acceptors (Lipinski definition) is 3. The number of nitrogens with zero attached hydrogens (tertiary/aromatic N) is 1. The average Bonchev–Trinajstić information content (AvgIpc) is 3.04. The van der Waals surface area contributed by atoms with Crippen molar-refractivity contribution in [3.63, 3.8) is 0 Å². The van der Waals surface area contributed by atoms with Crippen LogP contribution in [0.4, 0.5) is 4.39 Å². The summed E-state index contributed by atoms with van der Waals surface area (Å²) in [7, 11) is -3.24. The van der Waals surface area contributed by atoms with Gasteiger partial charge in [-0.1, -0.05) is 19.1 Å². The van der Waals surface area contributed by atoms with Crippen molar-refractivity contribution in [3.8, 4) is 6.07 Å². The Labute approximate surface area is 99.8 Å². The van der Waals surface area contributed by atoms with Gasteiger partial charge in [-0.05, 0) is 17.7 Å². The van der Waals surface area contributed by atoms with E-state index in [0.29, 0.717) is 5.56 Å². The molecule has 1 aliphatic carbocycles. The Kier molecular flexibility index (Phi) is 2.92. The van der Waals surface area contributed by atoms with E-state index in [1.165, 1.54) is 18.2 Å². The summed E-state index contributed by atoms with van der Waals surface area (Å²) in [5.74, 6) is -1.30. The maximum atomic E-state index is 13.1. The second-order valence-electron chi connectivity index (χ2n) is 4.15. The summed E-state index contributed by atoms with van der Waals surface area (Å²) in [6.07, 6.45) is 0. The molecular formula is C12H12FNO2S. The van der Waals surface area contributed by atoms with Crippen LogP contribution in [0.1, 0.15) is 18.4 Å². The second kappa shape index (κ2) is 4.11. The molecule has 5 heteroatoms. The highest BCUT2D eigenvalue weighted by molar-refractivity contribution is 7.92. The molecule has 3 nitrogen and oxygen atoms in total. The minimum Gasteiger partial charge on any atom is -0.228 e. The fourth-order valence-electron chi connectivity index (χ4n) is 2.19. The van der Waals surface area contributed by atoms with Crippen LogP contribution in [0.15, 0.2) is 24.3 Å². The molecule has 1 saturated carbocycles. The molecule has 1 aliphatic rings. The number of rotatable bonds is 3. The smallest absolute Gasteiger partial charge is 0.154 e. The number of hydrogen-bond donors (Lipinski definition) is 0. The third-order valence-electron chi connectivity index (χ3n) is 3.15. The lowest BCUT2D eigenvalue weighted by molar-refractivity contribution is 0.594. The first-order valence-corrected chi connectivity index (χ1v) is 7.09. The summed E-state index contributed by atoms with van der Waals surface area (Å²) in [6.45, 7) is 1.56. The molecule has 0 radical (unpaired) electrons. The molecule has 0 aliphatic heterocycles. The topological polar surface area (TPSA) is 57.9 Å². The number of halogens is 1. The number of sulfone groups is 1. The minimum absolute atomic E-state index is 0.0155. The zero-order valence-electron chi connectivity index (χ0n) is 9.30. The maximum Gasteiger partial charge on any atom is 0.154 e. The van der Waals surface area contributed by atoms with Crippen molar-refractivity contribution in [1.29, 1.82) is 5.26 Å². The highest BCUT2D eigenvalue weighted by atomic mass is 32.2. The number of benzene rings is 1. The molecular weight excluding hydrogens is 241 g/mol. The molecule has 17 heavy (non-hydrogen) atoms. The largest absolute Gasteiger partial charge is 0.228 e. The lowest BCUT2D eigenvalue weighted by Gasteiger charge is -2.00. The maximum absolute atomic E-state index is 13.1. The standard InChI is InChI=1S/C12H12FNO2S/c1-2-17(15,16)12-10(7-14)11(12)8-4-3-5-9(13)6-8/h3-6,10-12H,2H2,1H3/t10-,11-,12-/m0/s1. The summed E-state index contributed by atoms with van der Waals surface area (Å²) in [6, 6.07) is 7.81. The summed E-state index contributed by atoms with van der Waals surface area (Å²) in [5, 5.41) is 8.26. The van der Waals surface area contributed by atoms with Crippen LogP contribution in [-0.2, 0) is 9.84 Å². The quantitative estimate of drug-likeness (QED) is 0.826. The van der Waals surface area contributed by atoms with E-state index in [4.69, 9.17) is 5.26 Å². The Morgan fingerprint density at radius 1 is 1.47 bits per heavy atom. The first-order chi connectivity index (χ1) is 8.01. The summed E-state index contributed by atoms with van der Waals surface area (Å²) < 4.78 is 36.6. The summed E-state index contributed by atoms with van der Waals surface area (Å²) in [5.41, 5.74) is 0.596. The Bertz CT molecular complexity index is 576. The zero-order chi connectivity index (χ0) is 12.6. The van der Waals surface area contributed by atoms with Crippen LogP contribution in [0.25, 0.3) is 0 Å². The van der Waals surface area contributed by atoms with Crippen LogP contribution in [0.5, 0.6) is 0 Å². The van der Waals surface area contributed by atoms with Gasteiger partial charge in [-0.3, -0.25) is 0 Å². The van der Waals surface area contributed by atoms with Gasteiger partial charge < -0.3 is 0 Å². The van der Waals surface area contributed by atoms with Crippen molar-refractivity contribution in [2.45, 2.75) is 18.1 Å². The third kappa shape index (κ3) is 2.05. The van der Waals surface area contributed by atoms with E-state index in [1.54, 1.807) is 13.0 Å². The minimum atomic E-state index is -3.24. The van der Waals surface area contributed by atoms with Gasteiger partial charge in [0.25, 0.3) is 0 Å². The molecule has 0 unspecified atom stereocenters. The van der Waals surface area contributed by atoms with Crippen molar-refractivity contribution < 1.29 is 12.8 Å². The van der Waals surface area contributed by atoms with Gasteiger partial charge in [0.15, 0.2) is 9.84 Å². The molecule has 90 valence electrons. The first-order valence-electron chi connectivity index (χ1n) is 5.38. The molecule has 0 aromatic heterocycles. The van der Waals surface area contributed by atoms with E-state index in [0.717, 1.165) is 0 Å². The third-order valence-corrected chi connectivity index (χ3v) is 5.37. The Morgan fingerprint density at radius 3 is 2.71 bits per heavy atom. The van der Waals surface area contributed by atoms with Crippen LogP contribution in [0.3, 0.4) is 0 Å². The van der Waals surface area contributed by atoms with E-state index in [-0.39, 0.29) is 11.7 Å². The van der Waals surface area contributed by atoms with Crippen molar-refractivity contribution in [2.75, 3.05) is 5.75 Å². The van der Waals surface area contributed by atoms with E-state index in [2.05, 4.69) is 0 Å². The van der Waals surface area contributed by atoms with Gasteiger partial charge in [0.2, 0.25) is 0 Å². The van der Waals surface area contributed by atoms with Crippen molar-refractivity contribution in [3.05, 3.63) is 35.6 Å². The van der Waals surface area contributed by atoms with E-state index < -0.39 is 26.8 Å². The van der Waals surface area contributed by atoms with E-state index in [1.807, 2.05) is 6.07 Å². The van der Waals surface area contributed by atoms with Crippen molar-refractivity contribution in [2.24, 2.45) is 5.92 Å². The Balaban J connectivity index is 2.34. The molecule has 0 spiro atoms. The first kappa shape index (κ1) is 12.1. The molecule has 0 amide bonds. The summed E-state index contributed by atoms with van der Waals surface area (Å²) in [4.78, 5) is 0. The lowest BCUT2D eigenvalue weighted by Crippen LogP contribution is -2.12. The van der Waals surface area contributed by atoms with Crippen LogP contribution in [0, 0.1) is 23.1 Å². The normalized spacial score (nSPS) is 27.5. The van der Waals surface area contributed by atoms with Crippen LogP contribution < -0.4 is 0 Å². The van der Waals surface area contributed by atoms with Gasteiger partial charge in [-0.15, -0.1) is 0 Å². The van der Waals surface area contributed by atoms with Crippen molar-refractivity contribution in [1.82, 2.24) is 0 Å². The van der Waals surface area contributed by atoms with Gasteiger partial charge in [0.05, 0.1) is 17.2 Å². The molecule has 1 aromatic carbocycles. The second-order valence-corrected chi connectivity index (χ2v) is 6.60. The highest BCUT2D eigenvalue weighted by Gasteiger charge is 2.58. The molecule has 3 atom stereocenters. The molecule has 0 bridgehead atoms. The lowest BCUT2D eigenvalue weighted by atomic mass is 10.1. The van der Waals surface area contributed by atoms with Crippen LogP contribution in [0.2, 0.25) is 0 Å².